The number of aromatic nitrogens is 2. The number of piperidine rings is 1. The van der Waals surface area contributed by atoms with Crippen LogP contribution in [0.2, 0.25) is 13.3 Å². The Labute approximate surface area is 201 Å². The second-order valence-electron chi connectivity index (χ2n) is 9.70. The molecule has 0 bridgehead atoms. The van der Waals surface area contributed by atoms with E-state index >= 15 is 0 Å². The van der Waals surface area contributed by atoms with Crippen molar-refractivity contribution in [3.05, 3.63) is 30.0 Å². The average molecular weight is 566 g/mol. The van der Waals surface area contributed by atoms with Crippen molar-refractivity contribution in [2.75, 3.05) is 13.1 Å². The van der Waals surface area contributed by atoms with Crippen molar-refractivity contribution in [1.29, 1.82) is 0 Å². The number of hydrogen-bond donors (Lipinski definition) is 0. The molecule has 1 aliphatic rings. The van der Waals surface area contributed by atoms with Crippen LogP contribution in [0.5, 0.6) is 0 Å². The van der Waals surface area contributed by atoms with Crippen LogP contribution in [-0.2, 0) is 0 Å². The number of nitrogens with zero attached hydrogens (tertiary/aromatic N) is 3. The number of amides is 1. The van der Waals surface area contributed by atoms with Crippen molar-refractivity contribution in [1.82, 2.24) is 14.9 Å². The summed E-state index contributed by atoms with van der Waals surface area (Å²) in [5.74, 6) is -2.84. The first-order chi connectivity index (χ1) is 15.8. The number of carbonyl (C=O) groups excluding carboxylic acids is 1. The van der Waals surface area contributed by atoms with Gasteiger partial charge in [0.05, 0.1) is 0 Å². The summed E-state index contributed by atoms with van der Waals surface area (Å²) in [6.45, 7) is 6.98. The Morgan fingerprint density at radius 3 is 2.09 bits per heavy atom. The molecular weight excluding hydrogens is 527 g/mol. The Morgan fingerprint density at radius 1 is 0.970 bits per heavy atom. The van der Waals surface area contributed by atoms with Crippen molar-refractivity contribution in [3.8, 4) is 0 Å². The molecule has 1 fully saturated rings. The molecule has 1 aromatic carbocycles. The molecule has 1 amide bonds. The van der Waals surface area contributed by atoms with Gasteiger partial charge in [-0.25, -0.2) is 0 Å². The molecule has 7 heteroatoms. The van der Waals surface area contributed by atoms with Crippen molar-refractivity contribution in [2.24, 2.45) is 0 Å². The number of alkyl halides is 2. The zero-order valence-electron chi connectivity index (χ0n) is 20.5. The molecule has 4 nitrogen and oxygen atoms in total. The first kappa shape index (κ1) is 26.3. The first-order valence-electron chi connectivity index (χ1n) is 12.8. The molecular formula is C26H39F2N3OSn. The zero-order valence-corrected chi connectivity index (χ0v) is 23.4. The number of benzene rings is 1. The van der Waals surface area contributed by atoms with Crippen LogP contribution in [0.25, 0.3) is 11.0 Å². The van der Waals surface area contributed by atoms with Gasteiger partial charge in [0.2, 0.25) is 0 Å². The van der Waals surface area contributed by atoms with Gasteiger partial charge < -0.3 is 0 Å². The van der Waals surface area contributed by atoms with Gasteiger partial charge in [0.15, 0.2) is 0 Å². The predicted octanol–water partition coefficient (Wildman–Crippen LogP) is 6.56. The van der Waals surface area contributed by atoms with E-state index in [1.54, 1.807) is 11.0 Å². The fourth-order valence-electron chi connectivity index (χ4n) is 4.92. The van der Waals surface area contributed by atoms with Crippen LogP contribution in [0.4, 0.5) is 8.78 Å². The van der Waals surface area contributed by atoms with Gasteiger partial charge in [0.1, 0.15) is 0 Å². The molecule has 1 saturated heterocycles. The zero-order chi connectivity index (χ0) is 23.9. The molecule has 0 N–H and O–H groups in total. The van der Waals surface area contributed by atoms with Gasteiger partial charge >= 0.3 is 202 Å². The van der Waals surface area contributed by atoms with Gasteiger partial charge in [-0.05, 0) is 0 Å². The van der Waals surface area contributed by atoms with E-state index in [-0.39, 0.29) is 31.8 Å². The maximum absolute atomic E-state index is 13.5. The van der Waals surface area contributed by atoms with Crippen LogP contribution in [0.3, 0.4) is 0 Å². The van der Waals surface area contributed by atoms with Crippen LogP contribution >= 0.6 is 0 Å². The van der Waals surface area contributed by atoms with Crippen LogP contribution in [0.15, 0.2) is 24.4 Å². The summed E-state index contributed by atoms with van der Waals surface area (Å²) >= 11 is -2.72. The molecule has 0 aliphatic carbocycles. The second-order valence-corrected chi connectivity index (χ2v) is 22.7. The van der Waals surface area contributed by atoms with Crippen LogP contribution in [0.1, 0.15) is 82.5 Å². The van der Waals surface area contributed by atoms with E-state index in [1.165, 1.54) is 55.5 Å². The average Bonchev–Trinajstić information content (AvgIpc) is 2.82. The summed E-state index contributed by atoms with van der Waals surface area (Å²) < 4.78 is 32.2. The summed E-state index contributed by atoms with van der Waals surface area (Å²) in [7, 11) is 0. The number of unbranched alkanes of at least 4 members (excludes halogenated alkanes) is 3. The Balaban J connectivity index is 1.93. The Hall–Kier alpha value is -1.31. The van der Waals surface area contributed by atoms with E-state index in [0.717, 1.165) is 11.0 Å². The molecule has 1 aromatic heterocycles. The molecule has 0 atom stereocenters. The summed E-state index contributed by atoms with van der Waals surface area (Å²) in [4.78, 5) is 24.5. The summed E-state index contributed by atoms with van der Waals surface area (Å²) in [6.07, 6.45) is 8.86. The minimum atomic E-state index is -2.72. The summed E-state index contributed by atoms with van der Waals surface area (Å²) in [5, 5.41) is 0. The molecule has 182 valence electrons. The van der Waals surface area contributed by atoms with Crippen molar-refractivity contribution in [3.63, 3.8) is 0 Å². The number of rotatable bonds is 11. The Kier molecular flexibility index (Phi) is 9.48. The molecule has 0 radical (unpaired) electrons. The number of likely N-dealkylation sites (tertiary alicyclic amines) is 1. The monoisotopic (exact) mass is 567 g/mol. The predicted molar refractivity (Wildman–Crippen MR) is 134 cm³/mol. The van der Waals surface area contributed by atoms with Crippen LogP contribution in [-0.4, -0.2) is 58.2 Å². The standard InChI is InChI=1S/C14H12F2N3O.3C4H9.Sn/c15-14(16)3-7-19(8-4-14)13(20)10-1-2-11-12(9-10)18-6-5-17-11;3*1-3-4-2;/h1-2,5,9H,3-4,7-8H2;3*1,3-4H2,2H3;. The summed E-state index contributed by atoms with van der Waals surface area (Å²) in [5.41, 5.74) is 2.09. The number of carbonyl (C=O) groups is 1. The second kappa shape index (κ2) is 11.9. The van der Waals surface area contributed by atoms with Gasteiger partial charge in [0, 0.05) is 0 Å². The van der Waals surface area contributed by atoms with Gasteiger partial charge in [-0.3, -0.25) is 0 Å². The third-order valence-corrected chi connectivity index (χ3v) is 22.2. The number of fused-ring (bicyclic) bond motifs is 1. The van der Waals surface area contributed by atoms with E-state index < -0.39 is 24.3 Å². The quantitative estimate of drug-likeness (QED) is 0.290. The molecule has 1 aliphatic heterocycles. The van der Waals surface area contributed by atoms with E-state index in [1.807, 2.05) is 18.3 Å². The number of hydrogen-bond acceptors (Lipinski definition) is 3. The van der Waals surface area contributed by atoms with Gasteiger partial charge in [-0.15, -0.1) is 0 Å². The van der Waals surface area contributed by atoms with E-state index in [9.17, 15) is 13.6 Å². The fourth-order valence-corrected chi connectivity index (χ4v) is 20.1. The van der Waals surface area contributed by atoms with E-state index in [0.29, 0.717) is 5.56 Å². The number of halogens is 2. The Bertz CT molecular complexity index is 905. The minimum absolute atomic E-state index is 0.0974. The van der Waals surface area contributed by atoms with Gasteiger partial charge in [-0.2, -0.15) is 0 Å². The third-order valence-electron chi connectivity index (χ3n) is 7.14. The molecule has 0 unspecified atom stereocenters. The molecule has 0 spiro atoms. The first-order valence-corrected chi connectivity index (χ1v) is 20.3. The molecule has 33 heavy (non-hydrogen) atoms. The third kappa shape index (κ3) is 6.64. The maximum atomic E-state index is 13.5. The van der Waals surface area contributed by atoms with Crippen LogP contribution in [0, 0.1) is 0 Å². The Morgan fingerprint density at radius 2 is 1.55 bits per heavy atom. The van der Waals surface area contributed by atoms with Crippen molar-refractivity contribution in [2.45, 2.75) is 91.4 Å². The fraction of sp³-hybridized carbons (Fsp3) is 0.654. The molecule has 2 aromatic rings. The van der Waals surface area contributed by atoms with Crippen molar-refractivity contribution >= 4 is 39.0 Å². The molecule has 2 heterocycles. The van der Waals surface area contributed by atoms with Gasteiger partial charge in [0.25, 0.3) is 0 Å². The van der Waals surface area contributed by atoms with E-state index in [4.69, 9.17) is 9.97 Å². The molecule has 0 saturated carbocycles. The summed E-state index contributed by atoms with van der Waals surface area (Å²) in [6, 6.07) is 5.43. The normalized spacial score (nSPS) is 16.3. The van der Waals surface area contributed by atoms with Gasteiger partial charge in [-0.1, -0.05) is 0 Å². The topological polar surface area (TPSA) is 46.1 Å². The van der Waals surface area contributed by atoms with E-state index in [2.05, 4.69) is 20.8 Å². The molecule has 3 rings (SSSR count). The SMILES string of the molecule is CCC[CH2][Sn]([CH2]CCC)([CH2]CCC)[c]1cnc2ccc(C(=O)N3CCC(F)(F)CC3)cc2n1. The van der Waals surface area contributed by atoms with Crippen LogP contribution < -0.4 is 3.71 Å². The van der Waals surface area contributed by atoms with Crippen molar-refractivity contribution < 1.29 is 13.6 Å².